The minimum absolute atomic E-state index is 0.0249. The molecule has 1 amide bonds. The molecule has 0 bridgehead atoms. The Morgan fingerprint density at radius 1 is 1.28 bits per heavy atom. The van der Waals surface area contributed by atoms with Gasteiger partial charge in [0.1, 0.15) is 0 Å². The number of hydrogen-bond donors (Lipinski definition) is 2. The summed E-state index contributed by atoms with van der Waals surface area (Å²) < 4.78 is 5.70. The SMILES string of the molecule is CC1OC(C)C(C(=O)NC2CC(O)C2(C)C)C1C. The van der Waals surface area contributed by atoms with E-state index in [1.54, 1.807) is 0 Å². The van der Waals surface area contributed by atoms with Crippen LogP contribution in [0.25, 0.3) is 0 Å². The van der Waals surface area contributed by atoms with Crippen LogP contribution in [0.1, 0.15) is 41.0 Å². The number of aliphatic hydroxyl groups is 1. The van der Waals surface area contributed by atoms with Gasteiger partial charge in [-0.3, -0.25) is 4.79 Å². The molecule has 18 heavy (non-hydrogen) atoms. The zero-order valence-electron chi connectivity index (χ0n) is 11.9. The van der Waals surface area contributed by atoms with Crippen LogP contribution in [0.4, 0.5) is 0 Å². The molecule has 104 valence electrons. The lowest BCUT2D eigenvalue weighted by Gasteiger charge is -2.49. The van der Waals surface area contributed by atoms with Crippen LogP contribution in [0.15, 0.2) is 0 Å². The van der Waals surface area contributed by atoms with Gasteiger partial charge >= 0.3 is 0 Å². The van der Waals surface area contributed by atoms with E-state index in [2.05, 4.69) is 12.2 Å². The van der Waals surface area contributed by atoms with Crippen LogP contribution in [0, 0.1) is 17.3 Å². The summed E-state index contributed by atoms with van der Waals surface area (Å²) in [5, 5.41) is 12.8. The van der Waals surface area contributed by atoms with Crippen LogP contribution in [0.3, 0.4) is 0 Å². The van der Waals surface area contributed by atoms with Gasteiger partial charge in [-0.2, -0.15) is 0 Å². The summed E-state index contributed by atoms with van der Waals surface area (Å²) in [5.74, 6) is 0.242. The maximum atomic E-state index is 12.3. The first-order chi connectivity index (χ1) is 8.25. The molecule has 4 heteroatoms. The highest BCUT2D eigenvalue weighted by molar-refractivity contribution is 5.80. The molecule has 1 heterocycles. The molecule has 1 saturated heterocycles. The summed E-state index contributed by atoms with van der Waals surface area (Å²) in [6, 6.07) is 0.0790. The lowest BCUT2D eigenvalue weighted by molar-refractivity contribution is -0.135. The van der Waals surface area contributed by atoms with Crippen molar-refractivity contribution < 1.29 is 14.6 Å². The van der Waals surface area contributed by atoms with Crippen molar-refractivity contribution in [3.8, 4) is 0 Å². The van der Waals surface area contributed by atoms with Crippen molar-refractivity contribution in [2.24, 2.45) is 17.3 Å². The monoisotopic (exact) mass is 255 g/mol. The molecule has 1 saturated carbocycles. The molecule has 1 aliphatic heterocycles. The van der Waals surface area contributed by atoms with Crippen LogP contribution in [0.5, 0.6) is 0 Å². The van der Waals surface area contributed by atoms with Gasteiger partial charge in [0.15, 0.2) is 0 Å². The second-order valence-electron chi connectivity index (χ2n) is 6.57. The summed E-state index contributed by atoms with van der Waals surface area (Å²) in [4.78, 5) is 12.3. The third kappa shape index (κ3) is 2.05. The zero-order chi connectivity index (χ0) is 13.7. The second-order valence-corrected chi connectivity index (χ2v) is 6.57. The van der Waals surface area contributed by atoms with Crippen molar-refractivity contribution >= 4 is 5.91 Å². The van der Waals surface area contributed by atoms with E-state index in [4.69, 9.17) is 4.74 Å². The molecule has 0 aromatic carbocycles. The van der Waals surface area contributed by atoms with Crippen molar-refractivity contribution in [3.05, 3.63) is 0 Å². The largest absolute Gasteiger partial charge is 0.392 e. The predicted octanol–water partition coefficient (Wildman–Crippen LogP) is 1.32. The van der Waals surface area contributed by atoms with E-state index in [9.17, 15) is 9.90 Å². The molecule has 2 rings (SSSR count). The van der Waals surface area contributed by atoms with Gasteiger partial charge < -0.3 is 15.2 Å². The lowest BCUT2D eigenvalue weighted by Crippen LogP contribution is -2.62. The van der Waals surface area contributed by atoms with Crippen molar-refractivity contribution in [1.82, 2.24) is 5.32 Å². The Hall–Kier alpha value is -0.610. The number of rotatable bonds is 2. The van der Waals surface area contributed by atoms with E-state index in [1.165, 1.54) is 0 Å². The summed E-state index contributed by atoms with van der Waals surface area (Å²) in [5.41, 5.74) is -0.215. The summed E-state index contributed by atoms with van der Waals surface area (Å²) in [7, 11) is 0. The number of ether oxygens (including phenoxy) is 1. The zero-order valence-corrected chi connectivity index (χ0v) is 11.9. The molecule has 2 aliphatic rings. The van der Waals surface area contributed by atoms with E-state index < -0.39 is 0 Å². The van der Waals surface area contributed by atoms with E-state index in [0.29, 0.717) is 6.42 Å². The first kappa shape index (κ1) is 13.8. The molecule has 0 aromatic rings. The normalized spacial score (nSPS) is 46.6. The highest BCUT2D eigenvalue weighted by Crippen LogP contribution is 2.41. The van der Waals surface area contributed by atoms with E-state index in [1.807, 2.05) is 27.7 Å². The van der Waals surface area contributed by atoms with Gasteiger partial charge in [-0.05, 0) is 26.2 Å². The molecule has 0 radical (unpaired) electrons. The molecule has 0 aromatic heterocycles. The van der Waals surface area contributed by atoms with Gasteiger partial charge in [0.25, 0.3) is 0 Å². The molecule has 6 atom stereocenters. The fraction of sp³-hybridized carbons (Fsp3) is 0.929. The summed E-state index contributed by atoms with van der Waals surface area (Å²) in [6.07, 6.45) is 0.459. The van der Waals surface area contributed by atoms with Gasteiger partial charge in [0.05, 0.1) is 24.2 Å². The molecule has 4 nitrogen and oxygen atoms in total. The first-order valence-electron chi connectivity index (χ1n) is 6.89. The van der Waals surface area contributed by atoms with Gasteiger partial charge in [-0.1, -0.05) is 20.8 Å². The van der Waals surface area contributed by atoms with Gasteiger partial charge in [-0.25, -0.2) is 0 Å². The maximum absolute atomic E-state index is 12.3. The minimum atomic E-state index is -0.309. The van der Waals surface area contributed by atoms with Gasteiger partial charge in [0.2, 0.25) is 5.91 Å². The van der Waals surface area contributed by atoms with Crippen LogP contribution in [-0.2, 0) is 9.53 Å². The number of nitrogens with one attached hydrogen (secondary N) is 1. The Kier molecular flexibility index (Phi) is 3.45. The van der Waals surface area contributed by atoms with Crippen LogP contribution in [0.2, 0.25) is 0 Å². The average molecular weight is 255 g/mol. The predicted molar refractivity (Wildman–Crippen MR) is 69.0 cm³/mol. The van der Waals surface area contributed by atoms with Gasteiger partial charge in [-0.15, -0.1) is 0 Å². The standard InChI is InChI=1S/C14H25NO3/c1-7-8(2)18-9(3)12(7)13(17)15-10-6-11(16)14(10,4)5/h7-12,16H,6H2,1-5H3,(H,15,17). The highest BCUT2D eigenvalue weighted by Gasteiger charge is 2.50. The third-order valence-electron chi connectivity index (χ3n) is 5.08. The number of hydrogen-bond acceptors (Lipinski definition) is 3. The molecule has 2 N–H and O–H groups in total. The van der Waals surface area contributed by atoms with Crippen LogP contribution >= 0.6 is 0 Å². The quantitative estimate of drug-likeness (QED) is 0.782. The van der Waals surface area contributed by atoms with Crippen molar-refractivity contribution in [2.75, 3.05) is 0 Å². The maximum Gasteiger partial charge on any atom is 0.226 e. The molecule has 6 unspecified atom stereocenters. The van der Waals surface area contributed by atoms with E-state index in [0.717, 1.165) is 0 Å². The molecule has 1 aliphatic carbocycles. The Morgan fingerprint density at radius 3 is 2.28 bits per heavy atom. The second kappa shape index (κ2) is 4.49. The summed E-state index contributed by atoms with van der Waals surface area (Å²) in [6.45, 7) is 10.0. The van der Waals surface area contributed by atoms with E-state index in [-0.39, 0.29) is 47.5 Å². The van der Waals surface area contributed by atoms with E-state index >= 15 is 0 Å². The minimum Gasteiger partial charge on any atom is -0.392 e. The highest BCUT2D eigenvalue weighted by atomic mass is 16.5. The topological polar surface area (TPSA) is 58.6 Å². The number of aliphatic hydroxyl groups excluding tert-OH is 1. The lowest BCUT2D eigenvalue weighted by atomic mass is 9.64. The Morgan fingerprint density at radius 2 is 1.89 bits per heavy atom. The Labute approximate surface area is 109 Å². The molecule has 0 spiro atoms. The molecule has 2 fully saturated rings. The van der Waals surface area contributed by atoms with Crippen molar-refractivity contribution in [2.45, 2.75) is 65.4 Å². The fourth-order valence-electron chi connectivity index (χ4n) is 3.13. The Bertz CT molecular complexity index is 342. The number of carbonyl (C=O) groups excluding carboxylic acids is 1. The smallest absolute Gasteiger partial charge is 0.226 e. The fourth-order valence-corrected chi connectivity index (χ4v) is 3.13. The van der Waals surface area contributed by atoms with Crippen molar-refractivity contribution in [1.29, 1.82) is 0 Å². The number of amides is 1. The number of carbonyl (C=O) groups is 1. The van der Waals surface area contributed by atoms with Crippen LogP contribution in [-0.4, -0.2) is 35.4 Å². The Balaban J connectivity index is 1.97. The molecular weight excluding hydrogens is 230 g/mol. The van der Waals surface area contributed by atoms with Gasteiger partial charge in [0, 0.05) is 11.5 Å². The van der Waals surface area contributed by atoms with Crippen molar-refractivity contribution in [3.63, 3.8) is 0 Å². The van der Waals surface area contributed by atoms with Crippen LogP contribution < -0.4 is 5.32 Å². The summed E-state index contributed by atoms with van der Waals surface area (Å²) >= 11 is 0. The first-order valence-corrected chi connectivity index (χ1v) is 6.89. The average Bonchev–Trinajstić information content (AvgIpc) is 2.52. The molecular formula is C14H25NO3. The third-order valence-corrected chi connectivity index (χ3v) is 5.08.